The summed E-state index contributed by atoms with van der Waals surface area (Å²) in [5.41, 5.74) is -0.000367. The molecule has 0 aliphatic rings. The molecule has 0 atom stereocenters. The van der Waals surface area contributed by atoms with Gasteiger partial charge in [-0.05, 0) is 48.0 Å². The molecule has 31 heavy (non-hydrogen) atoms. The molecule has 5 nitrogen and oxygen atoms in total. The number of carbonyl (C=O) groups is 1. The third kappa shape index (κ3) is 6.42. The van der Waals surface area contributed by atoms with E-state index in [1.807, 2.05) is 0 Å². The fourth-order valence-corrected chi connectivity index (χ4v) is 3.22. The van der Waals surface area contributed by atoms with Crippen LogP contribution in [0.15, 0.2) is 59.8 Å². The van der Waals surface area contributed by atoms with Gasteiger partial charge in [-0.1, -0.05) is 23.9 Å². The fraction of sp³-hybridized carbons (Fsp3) is 0.190. The molecular formula is C21H17F4N3O2S. The number of alkyl halides is 3. The normalized spacial score (nSPS) is 11.3. The van der Waals surface area contributed by atoms with Crippen LogP contribution in [0.3, 0.4) is 0 Å². The maximum Gasteiger partial charge on any atom is 0.433 e. The van der Waals surface area contributed by atoms with Gasteiger partial charge in [0.15, 0.2) is 5.16 Å². The van der Waals surface area contributed by atoms with E-state index >= 15 is 0 Å². The Morgan fingerprint density at radius 2 is 1.74 bits per heavy atom. The molecule has 3 aromatic rings. The van der Waals surface area contributed by atoms with Crippen molar-refractivity contribution >= 4 is 17.7 Å². The molecule has 0 saturated carbocycles. The fourth-order valence-electron chi connectivity index (χ4n) is 2.53. The molecule has 0 saturated heterocycles. The zero-order chi connectivity index (χ0) is 22.4. The Morgan fingerprint density at radius 1 is 1.06 bits per heavy atom. The average Bonchev–Trinajstić information content (AvgIpc) is 2.76. The van der Waals surface area contributed by atoms with Gasteiger partial charge in [-0.3, -0.25) is 4.79 Å². The molecule has 0 radical (unpaired) electrons. The van der Waals surface area contributed by atoms with Crippen molar-refractivity contribution in [2.45, 2.75) is 17.9 Å². The van der Waals surface area contributed by atoms with Crippen LogP contribution in [0.25, 0.3) is 11.3 Å². The molecule has 0 aliphatic heterocycles. The number of ether oxygens (including phenoxy) is 1. The van der Waals surface area contributed by atoms with Crippen LogP contribution in [-0.2, 0) is 17.5 Å². The van der Waals surface area contributed by atoms with Gasteiger partial charge in [0.1, 0.15) is 17.3 Å². The number of nitrogens with one attached hydrogen (secondary N) is 1. The van der Waals surface area contributed by atoms with E-state index in [9.17, 15) is 22.4 Å². The van der Waals surface area contributed by atoms with Crippen LogP contribution in [0, 0.1) is 5.82 Å². The summed E-state index contributed by atoms with van der Waals surface area (Å²) in [5, 5.41) is 2.48. The lowest BCUT2D eigenvalue weighted by molar-refractivity contribution is -0.141. The lowest BCUT2D eigenvalue weighted by atomic mass is 10.1. The number of carbonyl (C=O) groups excluding carboxylic acids is 1. The first-order chi connectivity index (χ1) is 14.7. The van der Waals surface area contributed by atoms with E-state index in [4.69, 9.17) is 4.74 Å². The molecule has 0 fully saturated rings. The average molecular weight is 451 g/mol. The summed E-state index contributed by atoms with van der Waals surface area (Å²) in [6.07, 6.45) is -4.69. The van der Waals surface area contributed by atoms with Gasteiger partial charge in [-0.2, -0.15) is 13.2 Å². The van der Waals surface area contributed by atoms with Crippen LogP contribution >= 0.6 is 11.8 Å². The zero-order valence-corrected chi connectivity index (χ0v) is 17.1. The molecule has 0 aliphatic carbocycles. The third-order valence-electron chi connectivity index (χ3n) is 4.12. The summed E-state index contributed by atoms with van der Waals surface area (Å²) in [5.74, 6) is -0.383. The van der Waals surface area contributed by atoms with Gasteiger partial charge in [0, 0.05) is 12.1 Å². The van der Waals surface area contributed by atoms with Gasteiger partial charge in [-0.25, -0.2) is 14.4 Å². The lowest BCUT2D eigenvalue weighted by Gasteiger charge is -2.11. The summed E-state index contributed by atoms with van der Waals surface area (Å²) in [6.45, 7) is 0.258. The number of amides is 1. The van der Waals surface area contributed by atoms with Crippen LogP contribution in [0.1, 0.15) is 11.3 Å². The third-order valence-corrected chi connectivity index (χ3v) is 4.96. The smallest absolute Gasteiger partial charge is 0.433 e. The van der Waals surface area contributed by atoms with Gasteiger partial charge >= 0.3 is 6.18 Å². The van der Waals surface area contributed by atoms with E-state index in [1.165, 1.54) is 12.1 Å². The molecule has 1 amide bonds. The molecule has 0 unspecified atom stereocenters. The van der Waals surface area contributed by atoms with Gasteiger partial charge in [-0.15, -0.1) is 0 Å². The quantitative estimate of drug-likeness (QED) is 0.320. The van der Waals surface area contributed by atoms with Gasteiger partial charge in [0.25, 0.3) is 0 Å². The van der Waals surface area contributed by atoms with Crippen LogP contribution in [0.5, 0.6) is 5.75 Å². The van der Waals surface area contributed by atoms with Crippen LogP contribution < -0.4 is 10.1 Å². The van der Waals surface area contributed by atoms with Crippen molar-refractivity contribution in [1.82, 2.24) is 15.3 Å². The van der Waals surface area contributed by atoms with Crippen molar-refractivity contribution in [3.63, 3.8) is 0 Å². The van der Waals surface area contributed by atoms with Crippen LogP contribution in [0.4, 0.5) is 17.6 Å². The first-order valence-electron chi connectivity index (χ1n) is 8.99. The molecule has 1 N–H and O–H groups in total. The minimum atomic E-state index is -4.69. The van der Waals surface area contributed by atoms with Gasteiger partial charge in [0.05, 0.1) is 18.6 Å². The molecule has 1 heterocycles. The monoisotopic (exact) mass is 451 g/mol. The molecule has 0 spiro atoms. The number of thioether (sulfide) groups is 1. The molecule has 162 valence electrons. The number of benzene rings is 2. The second-order valence-corrected chi connectivity index (χ2v) is 7.28. The lowest BCUT2D eigenvalue weighted by Crippen LogP contribution is -2.24. The SMILES string of the molecule is COc1ccc(CNC(=O)CSc2nc(-c3ccc(F)cc3)cc(C(F)(F)F)n2)cc1. The van der Waals surface area contributed by atoms with E-state index in [1.54, 1.807) is 31.4 Å². The zero-order valence-electron chi connectivity index (χ0n) is 16.2. The number of nitrogens with zero attached hydrogens (tertiary/aromatic N) is 2. The second kappa shape index (κ2) is 9.78. The summed E-state index contributed by atoms with van der Waals surface area (Å²) in [7, 11) is 1.55. The van der Waals surface area contributed by atoms with E-state index in [-0.39, 0.29) is 29.1 Å². The van der Waals surface area contributed by atoms with Crippen molar-refractivity contribution in [2.75, 3.05) is 12.9 Å². The van der Waals surface area contributed by atoms with Crippen LogP contribution in [-0.4, -0.2) is 28.7 Å². The number of methoxy groups -OCH3 is 1. The maximum absolute atomic E-state index is 13.2. The Labute approximate surface area is 179 Å². The highest BCUT2D eigenvalue weighted by molar-refractivity contribution is 7.99. The molecule has 3 rings (SSSR count). The Hall–Kier alpha value is -3.14. The van der Waals surface area contributed by atoms with Crippen molar-refractivity contribution in [2.24, 2.45) is 0 Å². The summed E-state index contributed by atoms with van der Waals surface area (Å²) in [6, 6.07) is 12.8. The minimum absolute atomic E-state index is 0.0107. The predicted octanol–water partition coefficient (Wildman–Crippen LogP) is 4.72. The minimum Gasteiger partial charge on any atom is -0.497 e. The Balaban J connectivity index is 1.68. The molecular weight excluding hydrogens is 434 g/mol. The van der Waals surface area contributed by atoms with Gasteiger partial charge < -0.3 is 10.1 Å². The Kier molecular flexibility index (Phi) is 7.11. The highest BCUT2D eigenvalue weighted by Crippen LogP contribution is 2.32. The number of halogens is 4. The van der Waals surface area contributed by atoms with E-state index in [0.717, 1.165) is 35.5 Å². The first-order valence-corrected chi connectivity index (χ1v) is 9.98. The number of rotatable bonds is 7. The topological polar surface area (TPSA) is 64.1 Å². The van der Waals surface area contributed by atoms with Crippen molar-refractivity contribution in [3.8, 4) is 17.0 Å². The number of hydrogen-bond acceptors (Lipinski definition) is 5. The summed E-state index contributed by atoms with van der Waals surface area (Å²) in [4.78, 5) is 19.7. The predicted molar refractivity (Wildman–Crippen MR) is 108 cm³/mol. The number of aromatic nitrogens is 2. The Morgan fingerprint density at radius 3 is 2.35 bits per heavy atom. The maximum atomic E-state index is 13.2. The van der Waals surface area contributed by atoms with Gasteiger partial charge in [0.2, 0.25) is 5.91 Å². The van der Waals surface area contributed by atoms with Crippen molar-refractivity contribution in [3.05, 3.63) is 71.7 Å². The highest BCUT2D eigenvalue weighted by Gasteiger charge is 2.34. The van der Waals surface area contributed by atoms with E-state index in [2.05, 4.69) is 15.3 Å². The van der Waals surface area contributed by atoms with Crippen molar-refractivity contribution in [1.29, 1.82) is 0 Å². The molecule has 1 aromatic heterocycles. The summed E-state index contributed by atoms with van der Waals surface area (Å²) >= 11 is 0.784. The molecule has 10 heteroatoms. The molecule has 0 bridgehead atoms. The standard InChI is InChI=1S/C21H17F4N3O2S/c1-30-16-8-2-13(3-9-16)11-26-19(29)12-31-20-27-17(10-18(28-20)21(23,24)25)14-4-6-15(22)7-5-14/h2-10H,11-12H2,1H3,(H,26,29). The summed E-state index contributed by atoms with van der Waals surface area (Å²) < 4.78 is 57.9. The van der Waals surface area contributed by atoms with E-state index in [0.29, 0.717) is 11.3 Å². The first kappa shape index (κ1) is 22.5. The largest absolute Gasteiger partial charge is 0.497 e. The van der Waals surface area contributed by atoms with Crippen LogP contribution in [0.2, 0.25) is 0 Å². The van der Waals surface area contributed by atoms with Crippen molar-refractivity contribution < 1.29 is 27.1 Å². The van der Waals surface area contributed by atoms with E-state index < -0.39 is 17.7 Å². The molecule has 2 aromatic carbocycles. The highest BCUT2D eigenvalue weighted by atomic mass is 32.2. The number of hydrogen-bond donors (Lipinski definition) is 1. The second-order valence-electron chi connectivity index (χ2n) is 6.34. The Bertz CT molecular complexity index is 1040.